The van der Waals surface area contributed by atoms with Gasteiger partial charge in [-0.2, -0.15) is 0 Å². The van der Waals surface area contributed by atoms with E-state index in [9.17, 15) is 9.59 Å². The highest BCUT2D eigenvalue weighted by Gasteiger charge is 2.41. The summed E-state index contributed by atoms with van der Waals surface area (Å²) in [5.74, 6) is 0.138. The maximum absolute atomic E-state index is 13.7. The Labute approximate surface area is 236 Å². The minimum absolute atomic E-state index is 0.0104. The van der Waals surface area contributed by atoms with Crippen molar-refractivity contribution in [3.05, 3.63) is 69.7 Å². The molecule has 0 bridgehead atoms. The van der Waals surface area contributed by atoms with Crippen molar-refractivity contribution in [3.63, 3.8) is 0 Å². The summed E-state index contributed by atoms with van der Waals surface area (Å²) in [5, 5.41) is 1.41. The van der Waals surface area contributed by atoms with E-state index in [0.717, 1.165) is 24.2 Å². The Balaban J connectivity index is 1.54. The van der Waals surface area contributed by atoms with Crippen molar-refractivity contribution in [2.24, 2.45) is 11.1 Å². The number of primary amides is 1. The molecule has 2 aliphatic rings. The summed E-state index contributed by atoms with van der Waals surface area (Å²) in [4.78, 5) is 33.7. The van der Waals surface area contributed by atoms with E-state index in [1.807, 2.05) is 31.2 Å². The smallest absolute Gasteiger partial charge is 0.315 e. The van der Waals surface area contributed by atoms with Gasteiger partial charge in [0.2, 0.25) is 5.91 Å². The molecule has 2 aromatic carbocycles. The van der Waals surface area contributed by atoms with Gasteiger partial charge in [0.25, 0.3) is 0 Å². The second kappa shape index (κ2) is 11.8. The van der Waals surface area contributed by atoms with E-state index in [2.05, 4.69) is 59.7 Å². The van der Waals surface area contributed by atoms with E-state index in [4.69, 9.17) is 28.9 Å². The lowest BCUT2D eigenvalue weighted by Crippen LogP contribution is -2.62. The van der Waals surface area contributed by atoms with Crippen LogP contribution in [0.25, 0.3) is 0 Å². The number of rotatable bonds is 5. The number of amides is 3. The topological polar surface area (TPSA) is 73.1 Å². The molecule has 0 aromatic heterocycles. The van der Waals surface area contributed by atoms with Gasteiger partial charge >= 0.3 is 6.03 Å². The van der Waals surface area contributed by atoms with Crippen molar-refractivity contribution in [2.75, 3.05) is 45.8 Å². The molecule has 0 spiro atoms. The van der Waals surface area contributed by atoms with Gasteiger partial charge < -0.3 is 15.5 Å². The summed E-state index contributed by atoms with van der Waals surface area (Å²) >= 11 is 12.4. The standard InChI is InChI=1S/C29H39Cl2N5O2/c1-20-17-33(13-15-35(20)28(32)38)19-26(37)36-16-14-34(18-25(36)29(2,3)4)27(21-5-9-23(30)10-6-21)22-7-11-24(31)12-8-22/h5-12,20,25,27H,13-19H2,1-4H3,(H2,32,38). The van der Waals surface area contributed by atoms with E-state index < -0.39 is 6.03 Å². The summed E-state index contributed by atoms with van der Waals surface area (Å²) in [6, 6.07) is 15.7. The Morgan fingerprint density at radius 3 is 1.87 bits per heavy atom. The van der Waals surface area contributed by atoms with E-state index in [-0.39, 0.29) is 29.4 Å². The van der Waals surface area contributed by atoms with Gasteiger partial charge in [-0.15, -0.1) is 0 Å². The molecule has 2 heterocycles. The second-order valence-corrected chi connectivity index (χ2v) is 12.5. The van der Waals surface area contributed by atoms with E-state index in [1.165, 1.54) is 0 Å². The number of carbonyl (C=O) groups excluding carboxylic acids is 2. The minimum atomic E-state index is -0.400. The zero-order valence-corrected chi connectivity index (χ0v) is 24.3. The summed E-state index contributed by atoms with van der Waals surface area (Å²) in [5.41, 5.74) is 7.70. The van der Waals surface area contributed by atoms with Crippen LogP contribution in [0.2, 0.25) is 10.0 Å². The molecule has 0 saturated carbocycles. The largest absolute Gasteiger partial charge is 0.351 e. The molecule has 2 aromatic rings. The molecule has 2 fully saturated rings. The quantitative estimate of drug-likeness (QED) is 0.574. The summed E-state index contributed by atoms with van der Waals surface area (Å²) in [7, 11) is 0. The normalized spacial score (nSPS) is 21.7. The van der Waals surface area contributed by atoms with Gasteiger partial charge in [0.1, 0.15) is 0 Å². The van der Waals surface area contributed by atoms with Gasteiger partial charge in [-0.1, -0.05) is 68.2 Å². The van der Waals surface area contributed by atoms with Crippen molar-refractivity contribution in [2.45, 2.75) is 45.8 Å². The first-order valence-electron chi connectivity index (χ1n) is 13.3. The molecule has 2 atom stereocenters. The van der Waals surface area contributed by atoms with Crippen LogP contribution in [0, 0.1) is 5.41 Å². The number of hydrogen-bond donors (Lipinski definition) is 1. The molecule has 206 valence electrons. The van der Waals surface area contributed by atoms with Crippen LogP contribution in [-0.2, 0) is 4.79 Å². The first-order chi connectivity index (χ1) is 17.9. The van der Waals surface area contributed by atoms with Gasteiger partial charge in [-0.05, 0) is 47.7 Å². The van der Waals surface area contributed by atoms with Crippen molar-refractivity contribution >= 4 is 35.1 Å². The average Bonchev–Trinajstić information content (AvgIpc) is 2.85. The Morgan fingerprint density at radius 1 is 0.868 bits per heavy atom. The fraction of sp³-hybridized carbons (Fsp3) is 0.517. The van der Waals surface area contributed by atoms with Crippen LogP contribution in [0.15, 0.2) is 48.5 Å². The highest BCUT2D eigenvalue weighted by molar-refractivity contribution is 6.30. The van der Waals surface area contributed by atoms with Gasteiger partial charge in [-0.25, -0.2) is 4.79 Å². The SMILES string of the molecule is CC1CN(CC(=O)N2CCN(C(c3ccc(Cl)cc3)c3ccc(Cl)cc3)CC2C(C)(C)C)CCN1C(N)=O. The Kier molecular flexibility index (Phi) is 8.92. The predicted molar refractivity (Wildman–Crippen MR) is 153 cm³/mol. The predicted octanol–water partition coefficient (Wildman–Crippen LogP) is 4.73. The number of piperazine rings is 2. The third-order valence-electron chi connectivity index (χ3n) is 7.82. The van der Waals surface area contributed by atoms with E-state index in [1.54, 1.807) is 4.90 Å². The Bertz CT molecular complexity index is 1070. The fourth-order valence-electron chi connectivity index (χ4n) is 5.77. The highest BCUT2D eigenvalue weighted by atomic mass is 35.5. The van der Waals surface area contributed by atoms with Crippen LogP contribution < -0.4 is 5.73 Å². The fourth-order valence-corrected chi connectivity index (χ4v) is 6.02. The van der Waals surface area contributed by atoms with Crippen molar-refractivity contribution in [1.82, 2.24) is 19.6 Å². The molecule has 2 N–H and O–H groups in total. The summed E-state index contributed by atoms with van der Waals surface area (Å²) < 4.78 is 0. The summed E-state index contributed by atoms with van der Waals surface area (Å²) in [6.07, 6.45) is 0. The molecule has 4 rings (SSSR count). The monoisotopic (exact) mass is 559 g/mol. The molecule has 2 unspecified atom stereocenters. The molecular weight excluding hydrogens is 521 g/mol. The molecule has 0 radical (unpaired) electrons. The van der Waals surface area contributed by atoms with Gasteiger partial charge in [0, 0.05) is 61.4 Å². The second-order valence-electron chi connectivity index (χ2n) is 11.6. The number of hydrogen-bond acceptors (Lipinski definition) is 4. The van der Waals surface area contributed by atoms with E-state index in [0.29, 0.717) is 42.8 Å². The van der Waals surface area contributed by atoms with E-state index >= 15 is 0 Å². The maximum Gasteiger partial charge on any atom is 0.315 e. The van der Waals surface area contributed by atoms with Crippen molar-refractivity contribution in [1.29, 1.82) is 0 Å². The van der Waals surface area contributed by atoms with Crippen molar-refractivity contribution < 1.29 is 9.59 Å². The molecule has 9 heteroatoms. The van der Waals surface area contributed by atoms with Gasteiger partial charge in [-0.3, -0.25) is 14.6 Å². The lowest BCUT2D eigenvalue weighted by Gasteiger charge is -2.50. The maximum atomic E-state index is 13.7. The average molecular weight is 561 g/mol. The zero-order chi connectivity index (χ0) is 27.6. The number of nitrogens with zero attached hydrogens (tertiary/aromatic N) is 4. The van der Waals surface area contributed by atoms with Crippen LogP contribution in [-0.4, -0.2) is 89.4 Å². The molecule has 3 amide bonds. The Morgan fingerprint density at radius 2 is 1.39 bits per heavy atom. The zero-order valence-electron chi connectivity index (χ0n) is 22.7. The molecule has 7 nitrogen and oxygen atoms in total. The van der Waals surface area contributed by atoms with Crippen LogP contribution in [0.3, 0.4) is 0 Å². The van der Waals surface area contributed by atoms with Gasteiger partial charge in [0.05, 0.1) is 12.6 Å². The molecule has 2 saturated heterocycles. The number of urea groups is 1. The number of carbonyl (C=O) groups is 2. The first kappa shape index (κ1) is 28.7. The molecule has 2 aliphatic heterocycles. The lowest BCUT2D eigenvalue weighted by molar-refractivity contribution is -0.141. The number of benzene rings is 2. The number of halogens is 2. The highest BCUT2D eigenvalue weighted by Crippen LogP contribution is 2.36. The minimum Gasteiger partial charge on any atom is -0.351 e. The third kappa shape index (κ3) is 6.63. The number of nitrogens with two attached hydrogens (primary N) is 1. The lowest BCUT2D eigenvalue weighted by atomic mass is 9.83. The van der Waals surface area contributed by atoms with Crippen LogP contribution in [0.5, 0.6) is 0 Å². The summed E-state index contributed by atoms with van der Waals surface area (Å²) in [6.45, 7) is 12.9. The van der Waals surface area contributed by atoms with Crippen LogP contribution in [0.4, 0.5) is 4.79 Å². The van der Waals surface area contributed by atoms with Crippen LogP contribution >= 0.6 is 23.2 Å². The van der Waals surface area contributed by atoms with Crippen molar-refractivity contribution in [3.8, 4) is 0 Å². The van der Waals surface area contributed by atoms with Gasteiger partial charge in [0.15, 0.2) is 0 Å². The Hall–Kier alpha value is -2.32. The third-order valence-corrected chi connectivity index (χ3v) is 8.33. The molecular formula is C29H39Cl2N5O2. The first-order valence-corrected chi connectivity index (χ1v) is 14.0. The molecule has 38 heavy (non-hydrogen) atoms. The van der Waals surface area contributed by atoms with Crippen LogP contribution in [0.1, 0.15) is 44.9 Å². The molecule has 0 aliphatic carbocycles.